The van der Waals surface area contributed by atoms with Gasteiger partial charge in [-0.2, -0.15) is 0 Å². The maximum atomic E-state index is 6.14. The Morgan fingerprint density at radius 1 is 1.58 bits per heavy atom. The topological polar surface area (TPSA) is 35.2 Å². The van der Waals surface area contributed by atoms with Crippen LogP contribution in [-0.2, 0) is 4.74 Å². The highest BCUT2D eigenvalue weighted by atomic mass is 16.5. The van der Waals surface area contributed by atoms with Crippen LogP contribution in [0.4, 0.5) is 0 Å². The molecule has 1 aliphatic rings. The first-order valence-corrected chi connectivity index (χ1v) is 4.99. The summed E-state index contributed by atoms with van der Waals surface area (Å²) in [4.78, 5) is 0. The predicted molar refractivity (Wildman–Crippen MR) is 51.0 cm³/mol. The molecule has 2 heteroatoms. The summed E-state index contributed by atoms with van der Waals surface area (Å²) < 4.78 is 5.70. The Balaban J connectivity index is 2.54. The van der Waals surface area contributed by atoms with Crippen molar-refractivity contribution < 1.29 is 4.74 Å². The molecule has 0 bridgehead atoms. The average Bonchev–Trinajstić information content (AvgIpc) is 2.50. The van der Waals surface area contributed by atoms with E-state index in [1.165, 1.54) is 6.42 Å². The van der Waals surface area contributed by atoms with Crippen molar-refractivity contribution in [3.63, 3.8) is 0 Å². The standard InChI is InChI=1S/C10H21NO/c1-4-8(2)9(11)10(3)6-5-7-12-10/h8-9H,4-7,11H2,1-3H3. The normalized spacial score (nSPS) is 35.0. The van der Waals surface area contributed by atoms with Gasteiger partial charge in [0.25, 0.3) is 0 Å². The zero-order chi connectivity index (χ0) is 9.19. The van der Waals surface area contributed by atoms with Crippen LogP contribution in [0.15, 0.2) is 0 Å². The van der Waals surface area contributed by atoms with Crippen LogP contribution in [0.3, 0.4) is 0 Å². The van der Waals surface area contributed by atoms with Gasteiger partial charge in [-0.1, -0.05) is 20.3 Å². The molecule has 0 spiro atoms. The van der Waals surface area contributed by atoms with Crippen LogP contribution in [0.5, 0.6) is 0 Å². The van der Waals surface area contributed by atoms with Crippen LogP contribution in [0.2, 0.25) is 0 Å². The van der Waals surface area contributed by atoms with Crippen LogP contribution in [0.25, 0.3) is 0 Å². The molecule has 1 rings (SSSR count). The van der Waals surface area contributed by atoms with Crippen molar-refractivity contribution in [2.45, 2.75) is 51.7 Å². The van der Waals surface area contributed by atoms with E-state index >= 15 is 0 Å². The Morgan fingerprint density at radius 3 is 2.67 bits per heavy atom. The lowest BCUT2D eigenvalue weighted by Gasteiger charge is -2.34. The number of rotatable bonds is 3. The van der Waals surface area contributed by atoms with Crippen LogP contribution in [-0.4, -0.2) is 18.2 Å². The van der Waals surface area contributed by atoms with Gasteiger partial charge in [0, 0.05) is 12.6 Å². The zero-order valence-corrected chi connectivity index (χ0v) is 8.47. The highest BCUT2D eigenvalue weighted by Gasteiger charge is 2.38. The van der Waals surface area contributed by atoms with Crippen molar-refractivity contribution >= 4 is 0 Å². The first kappa shape index (κ1) is 10.0. The van der Waals surface area contributed by atoms with E-state index in [-0.39, 0.29) is 11.6 Å². The highest BCUT2D eigenvalue weighted by Crippen LogP contribution is 2.31. The molecule has 1 saturated heterocycles. The first-order chi connectivity index (χ1) is 5.60. The van der Waals surface area contributed by atoms with Crippen LogP contribution in [0, 0.1) is 5.92 Å². The monoisotopic (exact) mass is 171 g/mol. The minimum Gasteiger partial charge on any atom is -0.374 e. The molecule has 0 saturated carbocycles. The third-order valence-corrected chi connectivity index (χ3v) is 3.21. The molecule has 1 heterocycles. The largest absolute Gasteiger partial charge is 0.374 e. The molecular weight excluding hydrogens is 150 g/mol. The number of hydrogen-bond donors (Lipinski definition) is 1. The number of hydrogen-bond acceptors (Lipinski definition) is 2. The molecule has 12 heavy (non-hydrogen) atoms. The van der Waals surface area contributed by atoms with Crippen molar-refractivity contribution in [2.24, 2.45) is 11.7 Å². The van der Waals surface area contributed by atoms with Gasteiger partial charge in [-0.05, 0) is 25.7 Å². The minimum absolute atomic E-state index is 0.0462. The van der Waals surface area contributed by atoms with E-state index in [1.54, 1.807) is 0 Å². The summed E-state index contributed by atoms with van der Waals surface area (Å²) in [6, 6.07) is 0.199. The van der Waals surface area contributed by atoms with Gasteiger partial charge >= 0.3 is 0 Å². The van der Waals surface area contributed by atoms with Gasteiger partial charge in [0.15, 0.2) is 0 Å². The molecule has 3 unspecified atom stereocenters. The molecule has 0 aliphatic carbocycles. The summed E-state index contributed by atoms with van der Waals surface area (Å²) in [6.07, 6.45) is 3.43. The van der Waals surface area contributed by atoms with Crippen molar-refractivity contribution in [2.75, 3.05) is 6.61 Å². The second-order valence-corrected chi connectivity index (χ2v) is 4.18. The van der Waals surface area contributed by atoms with Crippen LogP contribution in [0.1, 0.15) is 40.0 Å². The zero-order valence-electron chi connectivity index (χ0n) is 8.47. The maximum Gasteiger partial charge on any atom is 0.0808 e. The number of nitrogens with two attached hydrogens (primary N) is 1. The second kappa shape index (κ2) is 3.75. The van der Waals surface area contributed by atoms with E-state index < -0.39 is 0 Å². The molecule has 72 valence electrons. The first-order valence-electron chi connectivity index (χ1n) is 4.99. The van der Waals surface area contributed by atoms with E-state index in [0.717, 1.165) is 19.4 Å². The molecule has 2 N–H and O–H groups in total. The Morgan fingerprint density at radius 2 is 2.25 bits per heavy atom. The van der Waals surface area contributed by atoms with Crippen LogP contribution >= 0.6 is 0 Å². The molecule has 0 aromatic rings. The lowest BCUT2D eigenvalue weighted by atomic mass is 9.84. The molecule has 0 aromatic heterocycles. The summed E-state index contributed by atoms with van der Waals surface area (Å²) >= 11 is 0. The molecule has 0 amide bonds. The van der Waals surface area contributed by atoms with E-state index in [9.17, 15) is 0 Å². The molecule has 0 radical (unpaired) electrons. The predicted octanol–water partition coefficient (Wildman–Crippen LogP) is 1.93. The van der Waals surface area contributed by atoms with E-state index in [1.807, 2.05) is 0 Å². The van der Waals surface area contributed by atoms with Crippen molar-refractivity contribution in [3.8, 4) is 0 Å². The van der Waals surface area contributed by atoms with Crippen molar-refractivity contribution in [1.82, 2.24) is 0 Å². The highest BCUT2D eigenvalue weighted by molar-refractivity contribution is 4.92. The van der Waals surface area contributed by atoms with E-state index in [0.29, 0.717) is 5.92 Å². The van der Waals surface area contributed by atoms with E-state index in [2.05, 4.69) is 20.8 Å². The van der Waals surface area contributed by atoms with Crippen molar-refractivity contribution in [1.29, 1.82) is 0 Å². The lowest BCUT2D eigenvalue weighted by Crippen LogP contribution is -2.49. The Bertz CT molecular complexity index is 141. The average molecular weight is 171 g/mol. The molecule has 3 atom stereocenters. The van der Waals surface area contributed by atoms with Gasteiger partial charge in [0.1, 0.15) is 0 Å². The quantitative estimate of drug-likeness (QED) is 0.704. The summed E-state index contributed by atoms with van der Waals surface area (Å²) in [5.74, 6) is 0.563. The minimum atomic E-state index is -0.0462. The molecule has 1 fully saturated rings. The number of ether oxygens (including phenoxy) is 1. The van der Waals surface area contributed by atoms with Gasteiger partial charge in [-0.3, -0.25) is 0 Å². The summed E-state index contributed by atoms with van der Waals surface area (Å²) in [5.41, 5.74) is 6.10. The molecular formula is C10H21NO. The third kappa shape index (κ3) is 1.80. The fourth-order valence-electron chi connectivity index (χ4n) is 1.92. The van der Waals surface area contributed by atoms with Gasteiger partial charge in [-0.15, -0.1) is 0 Å². The molecule has 1 aliphatic heterocycles. The summed E-state index contributed by atoms with van der Waals surface area (Å²) in [6.45, 7) is 7.43. The Hall–Kier alpha value is -0.0800. The Labute approximate surface area is 75.5 Å². The van der Waals surface area contributed by atoms with Crippen LogP contribution < -0.4 is 5.73 Å². The van der Waals surface area contributed by atoms with Gasteiger partial charge in [-0.25, -0.2) is 0 Å². The lowest BCUT2D eigenvalue weighted by molar-refractivity contribution is -0.0150. The summed E-state index contributed by atoms with van der Waals surface area (Å²) in [7, 11) is 0. The summed E-state index contributed by atoms with van der Waals surface area (Å²) in [5, 5.41) is 0. The Kier molecular flexibility index (Phi) is 3.13. The van der Waals surface area contributed by atoms with Crippen molar-refractivity contribution in [3.05, 3.63) is 0 Å². The van der Waals surface area contributed by atoms with Gasteiger partial charge < -0.3 is 10.5 Å². The SMILES string of the molecule is CCC(C)C(N)C1(C)CCCO1. The third-order valence-electron chi connectivity index (χ3n) is 3.21. The van der Waals surface area contributed by atoms with Gasteiger partial charge in [0.05, 0.1) is 5.60 Å². The fourth-order valence-corrected chi connectivity index (χ4v) is 1.92. The molecule has 0 aromatic carbocycles. The maximum absolute atomic E-state index is 6.14. The molecule has 2 nitrogen and oxygen atoms in total. The second-order valence-electron chi connectivity index (χ2n) is 4.18. The smallest absolute Gasteiger partial charge is 0.0808 e. The fraction of sp³-hybridized carbons (Fsp3) is 1.00. The van der Waals surface area contributed by atoms with Gasteiger partial charge in [0.2, 0.25) is 0 Å². The van der Waals surface area contributed by atoms with E-state index in [4.69, 9.17) is 10.5 Å².